The number of hydrogen-bond acceptors (Lipinski definition) is 4. The summed E-state index contributed by atoms with van der Waals surface area (Å²) in [6, 6.07) is 17.2. The summed E-state index contributed by atoms with van der Waals surface area (Å²) in [6.07, 6.45) is 3.31. The summed E-state index contributed by atoms with van der Waals surface area (Å²) in [5, 5.41) is 9.57. The van der Waals surface area contributed by atoms with Gasteiger partial charge >= 0.3 is 0 Å². The van der Waals surface area contributed by atoms with Crippen molar-refractivity contribution in [3.63, 3.8) is 0 Å². The van der Waals surface area contributed by atoms with Crippen molar-refractivity contribution in [2.24, 2.45) is 0 Å². The molecule has 2 amide bonds. The Balaban J connectivity index is 1.85. The van der Waals surface area contributed by atoms with Crippen LogP contribution in [-0.2, 0) is 9.59 Å². The van der Waals surface area contributed by atoms with E-state index >= 15 is 0 Å². The average Bonchev–Trinajstić information content (AvgIpc) is 3.10. The van der Waals surface area contributed by atoms with E-state index in [-0.39, 0.29) is 10.7 Å². The molecule has 6 nitrogen and oxygen atoms in total. The number of hydrogen-bond donors (Lipinski definition) is 2. The summed E-state index contributed by atoms with van der Waals surface area (Å²) in [4.78, 5) is 24.5. The monoisotopic (exact) mass is 452 g/mol. The number of nitrogens with one attached hydrogen (secondary N) is 2. The third-order valence-electron chi connectivity index (χ3n) is 4.12. The molecule has 0 atom stereocenters. The number of carbonyl (C=O) groups excluding carboxylic acids is 2. The van der Waals surface area contributed by atoms with Crippen molar-refractivity contribution in [2.75, 3.05) is 0 Å². The highest BCUT2D eigenvalue weighted by Gasteiger charge is 2.26. The number of carbonyl (C=O) groups is 2. The van der Waals surface area contributed by atoms with Gasteiger partial charge in [0.25, 0.3) is 11.8 Å². The van der Waals surface area contributed by atoms with Crippen molar-refractivity contribution in [3.05, 3.63) is 76.4 Å². The SMILES string of the molecule is O=C1NC(=S)NC(=O)C1=Cc1cn(-c2ccccc2)nc1-c1ccc(Br)cc1. The molecule has 0 radical (unpaired) electrons. The molecule has 3 aromatic rings. The molecule has 0 bridgehead atoms. The Hall–Kier alpha value is -3.10. The van der Waals surface area contributed by atoms with Crippen molar-refractivity contribution < 1.29 is 9.59 Å². The molecule has 1 saturated heterocycles. The first-order valence-corrected chi connectivity index (χ1v) is 9.51. The maximum absolute atomic E-state index is 12.2. The molecule has 1 fully saturated rings. The van der Waals surface area contributed by atoms with Crippen LogP contribution in [0.4, 0.5) is 0 Å². The molecule has 1 aromatic heterocycles. The van der Waals surface area contributed by atoms with Gasteiger partial charge in [-0.25, -0.2) is 4.68 Å². The number of rotatable bonds is 3. The molecule has 0 unspecified atom stereocenters. The van der Waals surface area contributed by atoms with Crippen LogP contribution in [0.1, 0.15) is 5.56 Å². The first-order chi connectivity index (χ1) is 13.5. The Bertz CT molecular complexity index is 1100. The van der Waals surface area contributed by atoms with Crippen LogP contribution in [0.3, 0.4) is 0 Å². The maximum atomic E-state index is 12.2. The van der Waals surface area contributed by atoms with E-state index in [0.29, 0.717) is 11.3 Å². The molecule has 138 valence electrons. The maximum Gasteiger partial charge on any atom is 0.263 e. The number of thiocarbonyl (C=S) groups is 1. The molecule has 0 aliphatic carbocycles. The van der Waals surface area contributed by atoms with Gasteiger partial charge in [0.05, 0.1) is 11.4 Å². The van der Waals surface area contributed by atoms with Gasteiger partial charge in [-0.05, 0) is 42.6 Å². The number of amides is 2. The normalized spacial score (nSPS) is 13.9. The third-order valence-corrected chi connectivity index (χ3v) is 4.86. The lowest BCUT2D eigenvalue weighted by molar-refractivity contribution is -0.123. The van der Waals surface area contributed by atoms with Gasteiger partial charge in [0.2, 0.25) is 0 Å². The fourth-order valence-corrected chi connectivity index (χ4v) is 3.25. The van der Waals surface area contributed by atoms with Crippen LogP contribution < -0.4 is 10.6 Å². The van der Waals surface area contributed by atoms with Crippen LogP contribution in [-0.4, -0.2) is 26.7 Å². The second kappa shape index (κ2) is 7.49. The lowest BCUT2D eigenvalue weighted by Gasteiger charge is -2.16. The van der Waals surface area contributed by atoms with Crippen LogP contribution in [0.5, 0.6) is 0 Å². The van der Waals surface area contributed by atoms with Crippen LogP contribution in [0, 0.1) is 0 Å². The van der Waals surface area contributed by atoms with E-state index in [2.05, 4.69) is 31.7 Å². The van der Waals surface area contributed by atoms with E-state index in [0.717, 1.165) is 15.7 Å². The zero-order valence-corrected chi connectivity index (χ0v) is 16.8. The standard InChI is InChI=1S/C20H13BrN4O2S/c21-14-8-6-12(7-9-14)17-13(10-16-18(26)22-20(28)23-19(16)27)11-25(24-17)15-4-2-1-3-5-15/h1-11H,(H2,22,23,26,27,28). The van der Waals surface area contributed by atoms with Gasteiger partial charge in [-0.3, -0.25) is 20.2 Å². The minimum Gasteiger partial charge on any atom is -0.299 e. The molecular formula is C20H13BrN4O2S. The summed E-state index contributed by atoms with van der Waals surface area (Å²) in [5.74, 6) is -1.08. The van der Waals surface area contributed by atoms with Gasteiger partial charge in [0, 0.05) is 21.8 Å². The predicted octanol–water partition coefficient (Wildman–Crippen LogP) is 3.22. The Morgan fingerprint density at radius 1 is 0.964 bits per heavy atom. The molecule has 0 saturated carbocycles. The molecule has 8 heteroatoms. The minimum absolute atomic E-state index is 0.000244. The number of nitrogens with zero attached hydrogens (tertiary/aromatic N) is 2. The Morgan fingerprint density at radius 3 is 2.25 bits per heavy atom. The first kappa shape index (κ1) is 18.3. The Labute approximate surface area is 174 Å². The predicted molar refractivity (Wildman–Crippen MR) is 114 cm³/mol. The zero-order valence-electron chi connectivity index (χ0n) is 14.3. The smallest absolute Gasteiger partial charge is 0.263 e. The largest absolute Gasteiger partial charge is 0.299 e. The van der Waals surface area contributed by atoms with E-state index in [9.17, 15) is 9.59 Å². The third kappa shape index (κ3) is 3.64. The fraction of sp³-hybridized carbons (Fsp3) is 0. The second-order valence-corrected chi connectivity index (χ2v) is 7.34. The highest BCUT2D eigenvalue weighted by atomic mass is 79.9. The molecule has 0 spiro atoms. The lowest BCUT2D eigenvalue weighted by Crippen LogP contribution is -2.51. The van der Waals surface area contributed by atoms with E-state index in [1.165, 1.54) is 6.08 Å². The molecule has 2 N–H and O–H groups in total. The molecular weight excluding hydrogens is 440 g/mol. The van der Waals surface area contributed by atoms with Gasteiger partial charge in [-0.15, -0.1) is 0 Å². The molecule has 2 heterocycles. The van der Waals surface area contributed by atoms with Crippen LogP contribution in [0.2, 0.25) is 0 Å². The number of aromatic nitrogens is 2. The minimum atomic E-state index is -0.539. The van der Waals surface area contributed by atoms with Gasteiger partial charge in [0.15, 0.2) is 5.11 Å². The summed E-state index contributed by atoms with van der Waals surface area (Å²) in [6.45, 7) is 0. The quantitative estimate of drug-likeness (QED) is 0.363. The number of halogens is 1. The van der Waals surface area contributed by atoms with Gasteiger partial charge in [-0.2, -0.15) is 5.10 Å². The Morgan fingerprint density at radius 2 is 1.61 bits per heavy atom. The number of benzene rings is 2. The topological polar surface area (TPSA) is 76.0 Å². The first-order valence-electron chi connectivity index (χ1n) is 8.30. The van der Waals surface area contributed by atoms with Gasteiger partial charge in [0.1, 0.15) is 5.57 Å². The molecule has 28 heavy (non-hydrogen) atoms. The van der Waals surface area contributed by atoms with Crippen LogP contribution in [0.15, 0.2) is 70.8 Å². The molecule has 1 aliphatic heterocycles. The summed E-state index contributed by atoms with van der Waals surface area (Å²) in [7, 11) is 0. The number of para-hydroxylation sites is 1. The van der Waals surface area contributed by atoms with Crippen molar-refractivity contribution in [3.8, 4) is 16.9 Å². The fourth-order valence-electron chi connectivity index (χ4n) is 2.80. The van der Waals surface area contributed by atoms with E-state index in [1.807, 2.05) is 54.6 Å². The molecule has 1 aliphatic rings. The highest BCUT2D eigenvalue weighted by Crippen LogP contribution is 2.27. The van der Waals surface area contributed by atoms with Gasteiger partial charge in [-0.1, -0.05) is 46.3 Å². The average molecular weight is 453 g/mol. The molecule has 4 rings (SSSR count). The second-order valence-electron chi connectivity index (χ2n) is 6.02. The van der Waals surface area contributed by atoms with E-state index in [4.69, 9.17) is 12.2 Å². The van der Waals surface area contributed by atoms with Crippen LogP contribution >= 0.6 is 28.1 Å². The van der Waals surface area contributed by atoms with Crippen molar-refractivity contribution in [2.45, 2.75) is 0 Å². The van der Waals surface area contributed by atoms with E-state index < -0.39 is 11.8 Å². The van der Waals surface area contributed by atoms with Crippen molar-refractivity contribution in [1.82, 2.24) is 20.4 Å². The van der Waals surface area contributed by atoms with E-state index in [1.54, 1.807) is 10.9 Å². The van der Waals surface area contributed by atoms with Crippen LogP contribution in [0.25, 0.3) is 23.0 Å². The summed E-state index contributed by atoms with van der Waals surface area (Å²) >= 11 is 8.27. The molecule has 2 aromatic carbocycles. The lowest BCUT2D eigenvalue weighted by atomic mass is 10.0. The highest BCUT2D eigenvalue weighted by molar-refractivity contribution is 9.10. The Kier molecular flexibility index (Phi) is 4.89. The van der Waals surface area contributed by atoms with Crippen molar-refractivity contribution in [1.29, 1.82) is 0 Å². The van der Waals surface area contributed by atoms with Gasteiger partial charge < -0.3 is 0 Å². The zero-order chi connectivity index (χ0) is 19.7. The van der Waals surface area contributed by atoms with Crippen molar-refractivity contribution >= 4 is 51.2 Å². The summed E-state index contributed by atoms with van der Waals surface area (Å²) < 4.78 is 2.66. The summed E-state index contributed by atoms with van der Waals surface area (Å²) in [5.41, 5.74) is 2.98.